The fraction of sp³-hybridized carbons (Fsp3) is 0.450. The van der Waals surface area contributed by atoms with Crippen molar-refractivity contribution in [3.63, 3.8) is 0 Å². The first kappa shape index (κ1) is 21.5. The molecule has 0 spiro atoms. The zero-order valence-corrected chi connectivity index (χ0v) is 17.8. The molecule has 0 atom stereocenters. The van der Waals surface area contributed by atoms with Gasteiger partial charge in [-0.15, -0.1) is 0 Å². The molecule has 0 N–H and O–H groups in total. The van der Waals surface area contributed by atoms with Gasteiger partial charge in [-0.1, -0.05) is 67.5 Å². The Labute approximate surface area is 171 Å². The Morgan fingerprint density at radius 2 is 1.78 bits per heavy atom. The Hall–Kier alpha value is -1.79. The van der Waals surface area contributed by atoms with E-state index in [9.17, 15) is 4.79 Å². The van der Waals surface area contributed by atoms with Crippen molar-refractivity contribution in [3.05, 3.63) is 47.1 Å². The molecule has 0 saturated carbocycles. The molecule has 0 aliphatic carbocycles. The number of hydrogen-bond acceptors (Lipinski definition) is 5. The van der Waals surface area contributed by atoms with Crippen LogP contribution in [-0.4, -0.2) is 46.7 Å². The number of thioether (sulfide) groups is 1. The minimum Gasteiger partial charge on any atom is -0.355 e. The SMILES string of the molecule is CCCN(CCC)C(=O)CSc1nc(Cl)cc(N(C)Cc2ccccc2)n1. The summed E-state index contributed by atoms with van der Waals surface area (Å²) in [6.45, 7) is 6.46. The van der Waals surface area contributed by atoms with Crippen molar-refractivity contribution >= 4 is 35.1 Å². The minimum absolute atomic E-state index is 0.117. The van der Waals surface area contributed by atoms with E-state index >= 15 is 0 Å². The largest absolute Gasteiger partial charge is 0.355 e. The Morgan fingerprint density at radius 1 is 1.11 bits per heavy atom. The molecule has 0 saturated heterocycles. The summed E-state index contributed by atoms with van der Waals surface area (Å²) in [6, 6.07) is 11.9. The number of hydrogen-bond donors (Lipinski definition) is 0. The Kier molecular flexibility index (Phi) is 8.88. The van der Waals surface area contributed by atoms with Gasteiger partial charge in [0.25, 0.3) is 0 Å². The first-order valence-corrected chi connectivity index (χ1v) is 10.6. The number of anilines is 1. The second-order valence-electron chi connectivity index (χ2n) is 6.34. The van der Waals surface area contributed by atoms with Gasteiger partial charge in [0.1, 0.15) is 11.0 Å². The van der Waals surface area contributed by atoms with E-state index < -0.39 is 0 Å². The van der Waals surface area contributed by atoms with Gasteiger partial charge in [0.2, 0.25) is 5.91 Å². The van der Waals surface area contributed by atoms with Crippen molar-refractivity contribution in [2.24, 2.45) is 0 Å². The predicted molar refractivity (Wildman–Crippen MR) is 113 cm³/mol. The maximum Gasteiger partial charge on any atom is 0.233 e. The van der Waals surface area contributed by atoms with E-state index in [0.717, 1.165) is 38.3 Å². The van der Waals surface area contributed by atoms with Gasteiger partial charge in [0.05, 0.1) is 5.75 Å². The van der Waals surface area contributed by atoms with Crippen molar-refractivity contribution < 1.29 is 4.79 Å². The minimum atomic E-state index is 0.117. The van der Waals surface area contributed by atoms with Crippen LogP contribution in [-0.2, 0) is 11.3 Å². The summed E-state index contributed by atoms with van der Waals surface area (Å²) >= 11 is 7.52. The summed E-state index contributed by atoms with van der Waals surface area (Å²) in [5.41, 5.74) is 1.19. The molecule has 2 aromatic rings. The average molecular weight is 407 g/mol. The van der Waals surface area contributed by atoms with Gasteiger partial charge in [0.15, 0.2) is 5.16 Å². The maximum absolute atomic E-state index is 12.4. The van der Waals surface area contributed by atoms with Crippen LogP contribution >= 0.6 is 23.4 Å². The molecular formula is C20H27ClN4OS. The van der Waals surface area contributed by atoms with E-state index in [2.05, 4.69) is 35.9 Å². The zero-order chi connectivity index (χ0) is 19.6. The van der Waals surface area contributed by atoms with Crippen LogP contribution in [0.25, 0.3) is 0 Å². The molecule has 1 aromatic heterocycles. The highest BCUT2D eigenvalue weighted by Crippen LogP contribution is 2.22. The van der Waals surface area contributed by atoms with Gasteiger partial charge < -0.3 is 9.80 Å². The molecule has 0 fully saturated rings. The van der Waals surface area contributed by atoms with E-state index in [0.29, 0.717) is 16.1 Å². The van der Waals surface area contributed by atoms with Crippen molar-refractivity contribution in [3.8, 4) is 0 Å². The molecule has 1 aromatic carbocycles. The lowest BCUT2D eigenvalue weighted by Gasteiger charge is -2.21. The third-order valence-electron chi connectivity index (χ3n) is 3.98. The third-order valence-corrected chi connectivity index (χ3v) is 5.00. The fourth-order valence-corrected chi connectivity index (χ4v) is 3.69. The number of benzene rings is 1. The molecular weight excluding hydrogens is 380 g/mol. The van der Waals surface area contributed by atoms with E-state index in [-0.39, 0.29) is 5.91 Å². The van der Waals surface area contributed by atoms with Crippen LogP contribution < -0.4 is 4.90 Å². The lowest BCUT2D eigenvalue weighted by Crippen LogP contribution is -2.33. The molecule has 5 nitrogen and oxygen atoms in total. The van der Waals surface area contributed by atoms with E-state index in [4.69, 9.17) is 11.6 Å². The molecule has 1 amide bonds. The molecule has 146 valence electrons. The van der Waals surface area contributed by atoms with E-state index in [1.807, 2.05) is 35.0 Å². The molecule has 0 unspecified atom stereocenters. The molecule has 1 heterocycles. The van der Waals surface area contributed by atoms with Crippen molar-refractivity contribution in [1.29, 1.82) is 0 Å². The topological polar surface area (TPSA) is 49.3 Å². The van der Waals surface area contributed by atoms with Crippen LogP contribution in [0.3, 0.4) is 0 Å². The van der Waals surface area contributed by atoms with Crippen molar-refractivity contribution in [2.75, 3.05) is 30.8 Å². The monoisotopic (exact) mass is 406 g/mol. The predicted octanol–water partition coefficient (Wildman–Crippen LogP) is 4.51. The number of carbonyl (C=O) groups is 1. The highest BCUT2D eigenvalue weighted by atomic mass is 35.5. The molecule has 27 heavy (non-hydrogen) atoms. The van der Waals surface area contributed by atoms with Gasteiger partial charge in [-0.05, 0) is 18.4 Å². The smallest absolute Gasteiger partial charge is 0.233 e. The van der Waals surface area contributed by atoms with E-state index in [1.54, 1.807) is 6.07 Å². The van der Waals surface area contributed by atoms with Crippen LogP contribution in [0.15, 0.2) is 41.6 Å². The second-order valence-corrected chi connectivity index (χ2v) is 7.67. The summed E-state index contributed by atoms with van der Waals surface area (Å²) in [5, 5.41) is 0.910. The summed E-state index contributed by atoms with van der Waals surface area (Å²) in [6.07, 6.45) is 1.91. The quantitative estimate of drug-likeness (QED) is 0.330. The Balaban J connectivity index is 2.02. The maximum atomic E-state index is 12.4. The van der Waals surface area contributed by atoms with E-state index in [1.165, 1.54) is 17.3 Å². The van der Waals surface area contributed by atoms with Crippen molar-refractivity contribution in [1.82, 2.24) is 14.9 Å². The lowest BCUT2D eigenvalue weighted by molar-refractivity contribution is -0.128. The standard InChI is InChI=1S/C20H27ClN4OS/c1-4-11-25(12-5-2)19(26)15-27-20-22-17(21)13-18(23-20)24(3)14-16-9-7-6-8-10-16/h6-10,13H,4-5,11-12,14-15H2,1-3H3. The van der Waals surface area contributed by atoms with Crippen LogP contribution in [0.4, 0.5) is 5.82 Å². The first-order valence-electron chi connectivity index (χ1n) is 9.23. The zero-order valence-electron chi connectivity index (χ0n) is 16.2. The second kappa shape index (κ2) is 11.1. The molecule has 0 aliphatic heterocycles. The van der Waals surface area contributed by atoms with Gasteiger partial charge in [-0.25, -0.2) is 9.97 Å². The molecule has 0 radical (unpaired) electrons. The first-order chi connectivity index (χ1) is 13.0. The highest BCUT2D eigenvalue weighted by molar-refractivity contribution is 7.99. The average Bonchev–Trinajstić information content (AvgIpc) is 2.66. The summed E-state index contributed by atoms with van der Waals surface area (Å²) in [4.78, 5) is 25.2. The fourth-order valence-electron chi connectivity index (χ4n) is 2.70. The summed E-state index contributed by atoms with van der Waals surface area (Å²) in [7, 11) is 1.97. The Bertz CT molecular complexity index is 723. The molecule has 2 rings (SSSR count). The van der Waals surface area contributed by atoms with Gasteiger partial charge in [-0.3, -0.25) is 4.79 Å². The van der Waals surface area contributed by atoms with Crippen LogP contribution in [0, 0.1) is 0 Å². The molecule has 0 bridgehead atoms. The van der Waals surface area contributed by atoms with Crippen molar-refractivity contribution in [2.45, 2.75) is 38.4 Å². The number of nitrogens with zero attached hydrogens (tertiary/aromatic N) is 4. The van der Waals surface area contributed by atoms with Gasteiger partial charge >= 0.3 is 0 Å². The summed E-state index contributed by atoms with van der Waals surface area (Å²) < 4.78 is 0. The molecule has 0 aliphatic rings. The number of halogens is 1. The number of rotatable bonds is 10. The number of aromatic nitrogens is 2. The normalized spacial score (nSPS) is 10.7. The molecule has 7 heteroatoms. The van der Waals surface area contributed by atoms with Crippen LogP contribution in [0.1, 0.15) is 32.3 Å². The number of carbonyl (C=O) groups excluding carboxylic acids is 1. The lowest BCUT2D eigenvalue weighted by atomic mass is 10.2. The highest BCUT2D eigenvalue weighted by Gasteiger charge is 2.14. The van der Waals surface area contributed by atoms with Crippen LogP contribution in [0.5, 0.6) is 0 Å². The van der Waals surface area contributed by atoms with Gasteiger partial charge in [-0.2, -0.15) is 0 Å². The Morgan fingerprint density at radius 3 is 2.41 bits per heavy atom. The van der Waals surface area contributed by atoms with Crippen LogP contribution in [0.2, 0.25) is 5.15 Å². The van der Waals surface area contributed by atoms with Gasteiger partial charge in [0, 0.05) is 32.7 Å². The summed E-state index contributed by atoms with van der Waals surface area (Å²) in [5.74, 6) is 1.18. The number of amides is 1. The third kappa shape index (κ3) is 7.03.